The molecule has 1 aliphatic heterocycles. The first-order valence-corrected chi connectivity index (χ1v) is 9.78. The SMILES string of the molecule is COc1ccc(-c2cc(CNC(=O)C3CC(=O)N(c4ccc(C)cc4)C3)no2)cc1. The monoisotopic (exact) mass is 405 g/mol. The number of carbonyl (C=O) groups excluding carboxylic acids is 2. The Kier molecular flexibility index (Phi) is 5.52. The van der Waals surface area contributed by atoms with Gasteiger partial charge in [-0.3, -0.25) is 9.59 Å². The molecule has 2 amide bonds. The number of benzene rings is 2. The molecule has 1 saturated heterocycles. The van der Waals surface area contributed by atoms with Crippen molar-refractivity contribution in [2.45, 2.75) is 19.9 Å². The van der Waals surface area contributed by atoms with Crippen LogP contribution in [0, 0.1) is 12.8 Å². The van der Waals surface area contributed by atoms with Crippen molar-refractivity contribution < 1.29 is 18.8 Å². The average molecular weight is 405 g/mol. The largest absolute Gasteiger partial charge is 0.497 e. The summed E-state index contributed by atoms with van der Waals surface area (Å²) in [5.74, 6) is 0.793. The highest BCUT2D eigenvalue weighted by Gasteiger charge is 2.35. The summed E-state index contributed by atoms with van der Waals surface area (Å²) >= 11 is 0. The highest BCUT2D eigenvalue weighted by molar-refractivity contribution is 6.00. The van der Waals surface area contributed by atoms with Crippen molar-refractivity contribution in [1.29, 1.82) is 0 Å². The molecule has 2 heterocycles. The summed E-state index contributed by atoms with van der Waals surface area (Å²) in [5.41, 5.74) is 3.44. The quantitative estimate of drug-likeness (QED) is 0.680. The van der Waals surface area contributed by atoms with E-state index in [9.17, 15) is 9.59 Å². The summed E-state index contributed by atoms with van der Waals surface area (Å²) in [6.07, 6.45) is 0.204. The van der Waals surface area contributed by atoms with Gasteiger partial charge in [0.15, 0.2) is 5.76 Å². The summed E-state index contributed by atoms with van der Waals surface area (Å²) in [5, 5.41) is 6.89. The lowest BCUT2D eigenvalue weighted by Crippen LogP contribution is -2.32. The van der Waals surface area contributed by atoms with Crippen LogP contribution in [-0.2, 0) is 16.1 Å². The second kappa shape index (κ2) is 8.41. The van der Waals surface area contributed by atoms with Crippen LogP contribution < -0.4 is 15.0 Å². The van der Waals surface area contributed by atoms with E-state index < -0.39 is 0 Å². The lowest BCUT2D eigenvalue weighted by atomic mass is 10.1. The molecule has 0 bridgehead atoms. The minimum absolute atomic E-state index is 0.0396. The molecule has 7 heteroatoms. The molecule has 2 aromatic carbocycles. The molecule has 0 spiro atoms. The maximum Gasteiger partial charge on any atom is 0.227 e. The van der Waals surface area contributed by atoms with Crippen LogP contribution in [0.5, 0.6) is 5.75 Å². The number of aryl methyl sites for hydroxylation is 1. The number of carbonyl (C=O) groups is 2. The van der Waals surface area contributed by atoms with Gasteiger partial charge in [0.05, 0.1) is 19.6 Å². The number of amides is 2. The summed E-state index contributed by atoms with van der Waals surface area (Å²) in [6.45, 7) is 2.62. The molecule has 0 saturated carbocycles. The number of rotatable bonds is 6. The molecule has 7 nitrogen and oxygen atoms in total. The minimum Gasteiger partial charge on any atom is -0.497 e. The van der Waals surface area contributed by atoms with Gasteiger partial charge in [0.25, 0.3) is 0 Å². The molecule has 3 aromatic rings. The van der Waals surface area contributed by atoms with Gasteiger partial charge in [0.2, 0.25) is 11.8 Å². The van der Waals surface area contributed by atoms with E-state index in [1.165, 1.54) is 0 Å². The number of hydrogen-bond donors (Lipinski definition) is 1. The van der Waals surface area contributed by atoms with Gasteiger partial charge in [-0.15, -0.1) is 0 Å². The van der Waals surface area contributed by atoms with E-state index >= 15 is 0 Å². The van der Waals surface area contributed by atoms with Crippen molar-refractivity contribution in [2.24, 2.45) is 5.92 Å². The number of anilines is 1. The van der Waals surface area contributed by atoms with Crippen molar-refractivity contribution in [1.82, 2.24) is 10.5 Å². The Bertz CT molecular complexity index is 1040. The van der Waals surface area contributed by atoms with Gasteiger partial charge in [-0.2, -0.15) is 0 Å². The minimum atomic E-state index is -0.383. The first-order chi connectivity index (χ1) is 14.5. The Morgan fingerprint density at radius 2 is 1.93 bits per heavy atom. The summed E-state index contributed by atoms with van der Waals surface area (Å²) in [4.78, 5) is 26.6. The topological polar surface area (TPSA) is 84.7 Å². The zero-order chi connectivity index (χ0) is 21.1. The third-order valence-electron chi connectivity index (χ3n) is 5.22. The fourth-order valence-corrected chi connectivity index (χ4v) is 3.47. The van der Waals surface area contributed by atoms with E-state index in [4.69, 9.17) is 9.26 Å². The van der Waals surface area contributed by atoms with Gasteiger partial charge in [-0.1, -0.05) is 22.9 Å². The predicted molar refractivity (Wildman–Crippen MR) is 112 cm³/mol. The number of methoxy groups -OCH3 is 1. The number of hydrogen-bond acceptors (Lipinski definition) is 5. The van der Waals surface area contributed by atoms with E-state index in [1.54, 1.807) is 18.1 Å². The molecule has 1 atom stereocenters. The summed E-state index contributed by atoms with van der Waals surface area (Å²) < 4.78 is 10.5. The lowest BCUT2D eigenvalue weighted by molar-refractivity contribution is -0.126. The molecule has 30 heavy (non-hydrogen) atoms. The van der Waals surface area contributed by atoms with E-state index in [-0.39, 0.29) is 30.7 Å². The molecule has 4 rings (SSSR count). The van der Waals surface area contributed by atoms with Crippen LogP contribution in [0.2, 0.25) is 0 Å². The Morgan fingerprint density at radius 1 is 1.20 bits per heavy atom. The number of nitrogens with zero attached hydrogens (tertiary/aromatic N) is 2. The molecule has 1 aliphatic rings. The standard InChI is InChI=1S/C23H23N3O4/c1-15-3-7-19(8-4-15)26-14-17(11-22(26)27)23(28)24-13-18-12-21(30-25-18)16-5-9-20(29-2)10-6-16/h3-10,12,17H,11,13-14H2,1-2H3,(H,24,28). The highest BCUT2D eigenvalue weighted by atomic mass is 16.5. The van der Waals surface area contributed by atoms with Gasteiger partial charge in [-0.25, -0.2) is 0 Å². The summed E-state index contributed by atoms with van der Waals surface area (Å²) in [6, 6.07) is 17.0. The maximum absolute atomic E-state index is 12.6. The van der Waals surface area contributed by atoms with Crippen molar-refractivity contribution in [3.63, 3.8) is 0 Å². The molecule has 1 fully saturated rings. The van der Waals surface area contributed by atoms with Crippen LogP contribution in [0.15, 0.2) is 59.1 Å². The van der Waals surface area contributed by atoms with Gasteiger partial charge >= 0.3 is 0 Å². The first-order valence-electron chi connectivity index (χ1n) is 9.78. The first kappa shape index (κ1) is 19.7. The van der Waals surface area contributed by atoms with Gasteiger partial charge in [0, 0.05) is 30.3 Å². The van der Waals surface area contributed by atoms with Crippen molar-refractivity contribution >= 4 is 17.5 Å². The molecular formula is C23H23N3O4. The van der Waals surface area contributed by atoms with Gasteiger partial charge in [-0.05, 0) is 43.3 Å². The fourth-order valence-electron chi connectivity index (χ4n) is 3.47. The third-order valence-corrected chi connectivity index (χ3v) is 5.22. The molecule has 1 aromatic heterocycles. The van der Waals surface area contributed by atoms with E-state index in [1.807, 2.05) is 55.5 Å². The van der Waals surface area contributed by atoms with Crippen LogP contribution >= 0.6 is 0 Å². The highest BCUT2D eigenvalue weighted by Crippen LogP contribution is 2.26. The van der Waals surface area contributed by atoms with Crippen LogP contribution in [0.3, 0.4) is 0 Å². The lowest BCUT2D eigenvalue weighted by Gasteiger charge is -2.16. The van der Waals surface area contributed by atoms with Crippen LogP contribution in [-0.4, -0.2) is 30.6 Å². The Hall–Kier alpha value is -3.61. The zero-order valence-electron chi connectivity index (χ0n) is 16.9. The summed E-state index contributed by atoms with van der Waals surface area (Å²) in [7, 11) is 1.61. The van der Waals surface area contributed by atoms with Crippen LogP contribution in [0.1, 0.15) is 17.7 Å². The smallest absolute Gasteiger partial charge is 0.227 e. The van der Waals surface area contributed by atoms with E-state index in [0.717, 1.165) is 22.6 Å². The second-order valence-corrected chi connectivity index (χ2v) is 7.37. The van der Waals surface area contributed by atoms with Crippen molar-refractivity contribution in [3.05, 3.63) is 65.9 Å². The van der Waals surface area contributed by atoms with Crippen molar-refractivity contribution in [2.75, 3.05) is 18.6 Å². The maximum atomic E-state index is 12.6. The van der Waals surface area contributed by atoms with Crippen molar-refractivity contribution in [3.8, 4) is 17.1 Å². The van der Waals surface area contributed by atoms with Gasteiger partial charge in [0.1, 0.15) is 11.4 Å². The Morgan fingerprint density at radius 3 is 2.63 bits per heavy atom. The normalized spacial score (nSPS) is 16.0. The molecule has 0 radical (unpaired) electrons. The third kappa shape index (κ3) is 4.20. The number of ether oxygens (including phenoxy) is 1. The molecule has 1 unspecified atom stereocenters. The van der Waals surface area contributed by atoms with E-state index in [2.05, 4.69) is 10.5 Å². The molecule has 154 valence electrons. The second-order valence-electron chi connectivity index (χ2n) is 7.37. The molecular weight excluding hydrogens is 382 g/mol. The number of nitrogens with one attached hydrogen (secondary N) is 1. The number of aromatic nitrogens is 1. The molecule has 0 aliphatic carbocycles. The van der Waals surface area contributed by atoms with E-state index in [0.29, 0.717) is 18.0 Å². The fraction of sp³-hybridized carbons (Fsp3) is 0.261. The van der Waals surface area contributed by atoms with Crippen LogP contribution in [0.4, 0.5) is 5.69 Å². The Balaban J connectivity index is 1.34. The van der Waals surface area contributed by atoms with Gasteiger partial charge < -0.3 is 19.5 Å². The zero-order valence-corrected chi connectivity index (χ0v) is 16.9. The molecule has 1 N–H and O–H groups in total. The Labute approximate surface area is 174 Å². The van der Waals surface area contributed by atoms with Crippen LogP contribution in [0.25, 0.3) is 11.3 Å². The predicted octanol–water partition coefficient (Wildman–Crippen LogP) is 3.33. The average Bonchev–Trinajstić information content (AvgIpc) is 3.40.